The van der Waals surface area contributed by atoms with Crippen molar-refractivity contribution >= 4 is 21.7 Å². The van der Waals surface area contributed by atoms with Gasteiger partial charge in [-0.2, -0.15) is 4.99 Å². The van der Waals surface area contributed by atoms with E-state index in [1.807, 2.05) is 19.1 Å². The molecule has 0 saturated heterocycles. The molecule has 0 fully saturated rings. The lowest BCUT2D eigenvalue weighted by Crippen LogP contribution is -2.24. The van der Waals surface area contributed by atoms with E-state index in [2.05, 4.69) is 4.99 Å². The van der Waals surface area contributed by atoms with Crippen molar-refractivity contribution in [2.24, 2.45) is 16.5 Å². The zero-order valence-electron chi connectivity index (χ0n) is 12.0. The number of aliphatic imine (C=N–C) groups is 1. The fourth-order valence-corrected chi connectivity index (χ4v) is 2.81. The number of sulfone groups is 1. The fraction of sp³-hybridized carbons (Fsp3) is 0.286. The highest BCUT2D eigenvalue weighted by Gasteiger charge is 2.16. The van der Waals surface area contributed by atoms with Crippen LogP contribution in [0.15, 0.2) is 40.2 Å². The van der Waals surface area contributed by atoms with Gasteiger partial charge in [-0.15, -0.1) is 0 Å². The topological polar surface area (TPSA) is 116 Å². The van der Waals surface area contributed by atoms with Crippen molar-refractivity contribution in [3.05, 3.63) is 41.5 Å². The lowest BCUT2D eigenvalue weighted by molar-refractivity contribution is 0.100. The van der Waals surface area contributed by atoms with Crippen LogP contribution in [0.4, 0.5) is 0 Å². The average molecular weight is 309 g/mol. The first-order valence-corrected chi connectivity index (χ1v) is 8.23. The number of hydrogen-bond donors (Lipinski definition) is 2. The van der Waals surface area contributed by atoms with Crippen molar-refractivity contribution < 1.29 is 13.2 Å². The highest BCUT2D eigenvalue weighted by Crippen LogP contribution is 2.20. The minimum atomic E-state index is -3.44. The summed E-state index contributed by atoms with van der Waals surface area (Å²) in [5, 5.41) is 0. The van der Waals surface area contributed by atoms with Crippen molar-refractivity contribution in [1.29, 1.82) is 0 Å². The van der Waals surface area contributed by atoms with Gasteiger partial charge in [0.1, 0.15) is 0 Å². The fourth-order valence-electron chi connectivity index (χ4n) is 1.83. The highest BCUT2D eigenvalue weighted by atomic mass is 32.2. The van der Waals surface area contributed by atoms with Crippen LogP contribution < -0.4 is 11.5 Å². The summed E-state index contributed by atoms with van der Waals surface area (Å²) in [5.74, 6) is -1.03. The number of amides is 1. The second-order valence-corrected chi connectivity index (χ2v) is 6.53. The zero-order valence-corrected chi connectivity index (χ0v) is 12.9. The molecule has 0 aliphatic carbocycles. The van der Waals surface area contributed by atoms with Gasteiger partial charge in [0.2, 0.25) is 0 Å². The Morgan fingerprint density at radius 1 is 1.33 bits per heavy atom. The Hall–Kier alpha value is -2.15. The predicted octanol–water partition coefficient (Wildman–Crippen LogP) is 1.01. The number of allylic oxidation sites excluding steroid dienone is 2. The van der Waals surface area contributed by atoms with Crippen molar-refractivity contribution in [2.45, 2.75) is 24.7 Å². The Morgan fingerprint density at radius 3 is 2.52 bits per heavy atom. The van der Waals surface area contributed by atoms with E-state index in [0.717, 1.165) is 12.7 Å². The molecule has 0 radical (unpaired) electrons. The van der Waals surface area contributed by atoms with Gasteiger partial charge < -0.3 is 11.5 Å². The summed E-state index contributed by atoms with van der Waals surface area (Å²) >= 11 is 0. The first-order chi connectivity index (χ1) is 9.75. The van der Waals surface area contributed by atoms with Crippen LogP contribution >= 0.6 is 0 Å². The van der Waals surface area contributed by atoms with Crippen LogP contribution in [-0.2, 0) is 16.3 Å². The molecule has 0 bridgehead atoms. The van der Waals surface area contributed by atoms with E-state index in [1.54, 1.807) is 6.07 Å². The summed E-state index contributed by atoms with van der Waals surface area (Å²) in [6.07, 6.45) is 6.25. The summed E-state index contributed by atoms with van der Waals surface area (Å²) in [6.45, 7) is 1.90. The summed E-state index contributed by atoms with van der Waals surface area (Å²) in [4.78, 5) is 15.3. The van der Waals surface area contributed by atoms with Crippen LogP contribution in [0.5, 0.6) is 0 Å². The van der Waals surface area contributed by atoms with Gasteiger partial charge in [-0.1, -0.05) is 18.2 Å². The molecule has 0 aliphatic heterocycles. The molecular formula is C14H19N3O3S. The lowest BCUT2D eigenvalue weighted by atomic mass is 10.1. The minimum Gasteiger partial charge on any atom is -0.370 e. The van der Waals surface area contributed by atoms with Crippen molar-refractivity contribution in [2.75, 3.05) is 6.26 Å². The summed E-state index contributed by atoms with van der Waals surface area (Å²) in [6, 6.07) is 4.46. The third-order valence-electron chi connectivity index (χ3n) is 2.76. The van der Waals surface area contributed by atoms with Crippen LogP contribution in [0.1, 0.15) is 29.3 Å². The highest BCUT2D eigenvalue weighted by molar-refractivity contribution is 7.90. The Labute approximate surface area is 124 Å². The maximum absolute atomic E-state index is 11.9. The molecule has 0 saturated carbocycles. The molecule has 6 nitrogen and oxygen atoms in total. The van der Waals surface area contributed by atoms with Crippen LogP contribution in [0.2, 0.25) is 0 Å². The number of hydrogen-bond acceptors (Lipinski definition) is 3. The molecule has 7 heteroatoms. The monoisotopic (exact) mass is 309 g/mol. The van der Waals surface area contributed by atoms with E-state index in [9.17, 15) is 13.2 Å². The quantitative estimate of drug-likeness (QED) is 0.478. The Balaban J connectivity index is 3.25. The number of benzene rings is 1. The van der Waals surface area contributed by atoms with Gasteiger partial charge >= 0.3 is 0 Å². The summed E-state index contributed by atoms with van der Waals surface area (Å²) in [5.41, 5.74) is 11.1. The molecule has 4 N–H and O–H groups in total. The SMILES string of the molecule is C/C=C/CCc1ccc(C(=O)N=C(N)N)cc1S(C)(=O)=O. The maximum atomic E-state index is 11.9. The van der Waals surface area contributed by atoms with Crippen LogP contribution in [0, 0.1) is 0 Å². The third-order valence-corrected chi connectivity index (χ3v) is 3.94. The van der Waals surface area contributed by atoms with E-state index < -0.39 is 15.7 Å². The van der Waals surface area contributed by atoms with Crippen molar-refractivity contribution in [3.63, 3.8) is 0 Å². The maximum Gasteiger partial charge on any atom is 0.280 e. The van der Waals surface area contributed by atoms with Gasteiger partial charge in [0.15, 0.2) is 15.8 Å². The van der Waals surface area contributed by atoms with Crippen LogP contribution in [0.3, 0.4) is 0 Å². The molecule has 0 aromatic heterocycles. The number of guanidine groups is 1. The molecule has 114 valence electrons. The summed E-state index contributed by atoms with van der Waals surface area (Å²) < 4.78 is 23.7. The molecule has 0 atom stereocenters. The smallest absolute Gasteiger partial charge is 0.280 e. The molecule has 1 amide bonds. The van der Waals surface area contributed by atoms with Crippen molar-refractivity contribution in [1.82, 2.24) is 0 Å². The van der Waals surface area contributed by atoms with E-state index >= 15 is 0 Å². The molecule has 1 aromatic rings. The second-order valence-electron chi connectivity index (χ2n) is 4.54. The largest absolute Gasteiger partial charge is 0.370 e. The minimum absolute atomic E-state index is 0.128. The van der Waals surface area contributed by atoms with E-state index in [0.29, 0.717) is 12.0 Å². The average Bonchev–Trinajstić information content (AvgIpc) is 2.37. The van der Waals surface area contributed by atoms with Gasteiger partial charge in [-0.25, -0.2) is 8.42 Å². The predicted molar refractivity (Wildman–Crippen MR) is 82.8 cm³/mol. The summed E-state index contributed by atoms with van der Waals surface area (Å²) in [7, 11) is -3.44. The molecule has 0 aliphatic rings. The number of aryl methyl sites for hydroxylation is 1. The Kier molecular flexibility index (Phi) is 5.66. The van der Waals surface area contributed by atoms with Gasteiger partial charge in [0.25, 0.3) is 5.91 Å². The number of rotatable bonds is 5. The molecule has 21 heavy (non-hydrogen) atoms. The van der Waals surface area contributed by atoms with Crippen LogP contribution in [-0.4, -0.2) is 26.5 Å². The first-order valence-electron chi connectivity index (χ1n) is 6.33. The molecule has 1 aromatic carbocycles. The standard InChI is InChI=1S/C14H19N3O3S/c1-3-4-5-6-10-7-8-11(13(18)17-14(15)16)9-12(10)21(2,19)20/h3-4,7-9H,5-6H2,1-2H3,(H4,15,16,17,18)/b4-3+. The van der Waals surface area contributed by atoms with Gasteiger partial charge in [-0.05, 0) is 37.5 Å². The normalized spacial score (nSPS) is 11.5. The number of carbonyl (C=O) groups is 1. The number of nitrogens with two attached hydrogens (primary N) is 2. The Morgan fingerprint density at radius 2 is 2.00 bits per heavy atom. The second kappa shape index (κ2) is 7.03. The van der Waals surface area contributed by atoms with Crippen molar-refractivity contribution in [3.8, 4) is 0 Å². The van der Waals surface area contributed by atoms with E-state index in [-0.39, 0.29) is 16.4 Å². The molecule has 1 rings (SSSR count). The van der Waals surface area contributed by atoms with Gasteiger partial charge in [-0.3, -0.25) is 4.79 Å². The first kappa shape index (κ1) is 16.9. The number of nitrogens with zero attached hydrogens (tertiary/aromatic N) is 1. The van der Waals surface area contributed by atoms with Gasteiger partial charge in [0.05, 0.1) is 4.90 Å². The molecule has 0 unspecified atom stereocenters. The lowest BCUT2D eigenvalue weighted by Gasteiger charge is -2.08. The van der Waals surface area contributed by atoms with Crippen LogP contribution in [0.25, 0.3) is 0 Å². The molecule has 0 spiro atoms. The van der Waals surface area contributed by atoms with E-state index in [4.69, 9.17) is 11.5 Å². The number of carbonyl (C=O) groups excluding carboxylic acids is 1. The molecular weight excluding hydrogens is 290 g/mol. The molecule has 0 heterocycles. The van der Waals surface area contributed by atoms with E-state index in [1.165, 1.54) is 12.1 Å². The zero-order chi connectivity index (χ0) is 16.0. The Bertz CT molecular complexity index is 687. The van der Waals surface area contributed by atoms with Gasteiger partial charge in [0, 0.05) is 11.8 Å². The third kappa shape index (κ3) is 5.03.